The number of anilines is 2. The molecule has 2 fully saturated rings. The van der Waals surface area contributed by atoms with Crippen molar-refractivity contribution in [2.45, 2.75) is 70.7 Å². The van der Waals surface area contributed by atoms with Crippen LogP contribution < -0.4 is 19.9 Å². The van der Waals surface area contributed by atoms with Crippen LogP contribution in [0.1, 0.15) is 51.3 Å². The van der Waals surface area contributed by atoms with Crippen LogP contribution in [-0.4, -0.2) is 78.0 Å². The van der Waals surface area contributed by atoms with E-state index in [1.165, 1.54) is 0 Å². The van der Waals surface area contributed by atoms with E-state index in [-0.39, 0.29) is 18.2 Å². The van der Waals surface area contributed by atoms with Gasteiger partial charge in [0.1, 0.15) is 18.0 Å². The summed E-state index contributed by atoms with van der Waals surface area (Å²) in [5.74, 6) is 0.875. The van der Waals surface area contributed by atoms with Crippen molar-refractivity contribution in [2.24, 2.45) is 0 Å². The van der Waals surface area contributed by atoms with Crippen LogP contribution in [0.25, 0.3) is 10.8 Å². The zero-order valence-electron chi connectivity index (χ0n) is 25.7. The maximum Gasteiger partial charge on any atom is 0.410 e. The lowest BCUT2D eigenvalue weighted by Crippen LogP contribution is -2.51. The van der Waals surface area contributed by atoms with E-state index >= 15 is 0 Å². The number of rotatable bonds is 6. The van der Waals surface area contributed by atoms with Crippen molar-refractivity contribution in [3.8, 4) is 12.1 Å². The molecule has 0 saturated carbocycles. The van der Waals surface area contributed by atoms with E-state index in [1.54, 1.807) is 4.90 Å². The van der Waals surface area contributed by atoms with Crippen LogP contribution in [0.5, 0.6) is 6.01 Å². The summed E-state index contributed by atoms with van der Waals surface area (Å²) in [6.07, 6.45) is 2.62. The molecule has 11 heteroatoms. The van der Waals surface area contributed by atoms with Gasteiger partial charge in [0, 0.05) is 55.4 Å². The van der Waals surface area contributed by atoms with Crippen molar-refractivity contribution in [3.05, 3.63) is 52.7 Å². The molecular weight excluding hydrogens is 578 g/mol. The maximum atomic E-state index is 12.9. The summed E-state index contributed by atoms with van der Waals surface area (Å²) >= 11 is 6.70. The molecule has 2 saturated heterocycles. The molecule has 2 aromatic carbocycles. The number of amides is 1. The van der Waals surface area contributed by atoms with E-state index in [4.69, 9.17) is 31.0 Å². The summed E-state index contributed by atoms with van der Waals surface area (Å²) in [5.41, 5.74) is 2.56. The minimum absolute atomic E-state index is 0.0718. The first-order chi connectivity index (χ1) is 21.2. The van der Waals surface area contributed by atoms with Gasteiger partial charge in [0.05, 0.1) is 35.8 Å². The Bertz CT molecular complexity index is 1560. The van der Waals surface area contributed by atoms with Gasteiger partial charge in [0.2, 0.25) is 0 Å². The number of ether oxygens (including phenoxy) is 2. The summed E-state index contributed by atoms with van der Waals surface area (Å²) in [5, 5.41) is 15.7. The van der Waals surface area contributed by atoms with Crippen molar-refractivity contribution in [1.29, 1.82) is 5.26 Å². The Morgan fingerprint density at radius 2 is 1.95 bits per heavy atom. The Balaban J connectivity index is 1.29. The standard InChI is InChI=1S/C33H40ClN7O3/c1-33(2,3)44-32(42)41-16-6-9-24(41)21-43-31-37-27-20-39(28-11-5-8-22-7-4-10-26(34)29(22)28)17-13-25(27)30(38-31)40-18-15-36-23(19-40)12-14-35/h4-5,7-8,10-11,23-24,36H,6,9,12-13,15-21H2,1-3H3. The van der Waals surface area contributed by atoms with Gasteiger partial charge < -0.3 is 29.5 Å². The summed E-state index contributed by atoms with van der Waals surface area (Å²) in [6.45, 7) is 10.2. The van der Waals surface area contributed by atoms with Gasteiger partial charge in [-0.2, -0.15) is 15.2 Å². The molecule has 1 aromatic heterocycles. The number of fused-ring (bicyclic) bond motifs is 2. The van der Waals surface area contributed by atoms with E-state index < -0.39 is 5.60 Å². The second-order valence-corrected chi connectivity index (χ2v) is 13.2. The van der Waals surface area contributed by atoms with E-state index in [0.717, 1.165) is 77.5 Å². The predicted octanol–water partition coefficient (Wildman–Crippen LogP) is 5.32. The number of aromatic nitrogens is 2. The molecule has 10 nitrogen and oxygen atoms in total. The zero-order chi connectivity index (χ0) is 30.8. The van der Waals surface area contributed by atoms with Crippen LogP contribution in [0.15, 0.2) is 36.4 Å². The molecule has 0 aliphatic carbocycles. The number of carbonyl (C=O) groups excluding carboxylic acids is 1. The molecule has 44 heavy (non-hydrogen) atoms. The van der Waals surface area contributed by atoms with Gasteiger partial charge in [-0.05, 0) is 57.6 Å². The number of piperazine rings is 1. The van der Waals surface area contributed by atoms with Gasteiger partial charge >= 0.3 is 12.1 Å². The molecule has 4 heterocycles. The predicted molar refractivity (Wildman–Crippen MR) is 171 cm³/mol. The molecule has 6 rings (SSSR count). The van der Waals surface area contributed by atoms with Crippen LogP contribution in [0.3, 0.4) is 0 Å². The Kier molecular flexibility index (Phi) is 8.70. The van der Waals surface area contributed by atoms with Crippen molar-refractivity contribution in [3.63, 3.8) is 0 Å². The largest absolute Gasteiger partial charge is 0.461 e. The third-order valence-corrected chi connectivity index (χ3v) is 8.81. The molecule has 2 atom stereocenters. The average molecular weight is 618 g/mol. The maximum absolute atomic E-state index is 12.9. The number of likely N-dealkylation sites (tertiary alicyclic amines) is 1. The summed E-state index contributed by atoms with van der Waals surface area (Å²) in [7, 11) is 0. The van der Waals surface area contributed by atoms with Crippen LogP contribution in [0.2, 0.25) is 5.02 Å². The lowest BCUT2D eigenvalue weighted by Gasteiger charge is -2.37. The normalized spacial score (nSPS) is 20.4. The van der Waals surface area contributed by atoms with Crippen LogP contribution >= 0.6 is 11.6 Å². The van der Waals surface area contributed by atoms with Gasteiger partial charge in [-0.25, -0.2) is 4.79 Å². The molecule has 2 unspecified atom stereocenters. The Morgan fingerprint density at radius 3 is 2.75 bits per heavy atom. The molecule has 3 aliphatic rings. The highest BCUT2D eigenvalue weighted by atomic mass is 35.5. The van der Waals surface area contributed by atoms with Gasteiger partial charge in [0.15, 0.2) is 0 Å². The van der Waals surface area contributed by atoms with Gasteiger partial charge in [-0.15, -0.1) is 0 Å². The smallest absolute Gasteiger partial charge is 0.410 e. The number of nitrogens with zero attached hydrogens (tertiary/aromatic N) is 6. The minimum Gasteiger partial charge on any atom is -0.461 e. The van der Waals surface area contributed by atoms with Crippen molar-refractivity contribution in [2.75, 3.05) is 49.1 Å². The van der Waals surface area contributed by atoms with Crippen LogP contribution in [-0.2, 0) is 17.7 Å². The molecule has 0 spiro atoms. The molecule has 3 aliphatic heterocycles. The first kappa shape index (κ1) is 30.2. The van der Waals surface area contributed by atoms with Crippen LogP contribution in [0, 0.1) is 11.3 Å². The van der Waals surface area contributed by atoms with E-state index in [9.17, 15) is 10.1 Å². The van der Waals surface area contributed by atoms with Crippen molar-refractivity contribution in [1.82, 2.24) is 20.2 Å². The third-order valence-electron chi connectivity index (χ3n) is 8.50. The van der Waals surface area contributed by atoms with E-state index in [0.29, 0.717) is 38.7 Å². The van der Waals surface area contributed by atoms with Gasteiger partial charge in [-0.1, -0.05) is 35.9 Å². The van der Waals surface area contributed by atoms with Gasteiger partial charge in [-0.3, -0.25) is 0 Å². The lowest BCUT2D eigenvalue weighted by molar-refractivity contribution is 0.0183. The quantitative estimate of drug-likeness (QED) is 0.393. The average Bonchev–Trinajstić information content (AvgIpc) is 3.48. The number of carbonyl (C=O) groups is 1. The summed E-state index contributed by atoms with van der Waals surface area (Å²) < 4.78 is 11.9. The minimum atomic E-state index is -0.561. The second-order valence-electron chi connectivity index (χ2n) is 12.8. The molecule has 232 valence electrons. The monoisotopic (exact) mass is 617 g/mol. The fraction of sp³-hybridized carbons (Fsp3) is 0.515. The molecular formula is C33H40ClN7O3. The first-order valence-electron chi connectivity index (χ1n) is 15.5. The SMILES string of the molecule is CC(C)(C)OC(=O)N1CCCC1COc1nc2c(c(N3CCNC(CC#N)C3)n1)CCN(c1cccc3cccc(Cl)c13)C2. The third kappa shape index (κ3) is 6.49. The Hall–Kier alpha value is -3.81. The highest BCUT2D eigenvalue weighted by Gasteiger charge is 2.34. The Morgan fingerprint density at radius 1 is 1.14 bits per heavy atom. The molecule has 0 bridgehead atoms. The molecule has 1 N–H and O–H groups in total. The second kappa shape index (κ2) is 12.7. The fourth-order valence-corrected chi connectivity index (χ4v) is 6.74. The highest BCUT2D eigenvalue weighted by Crippen LogP contribution is 2.37. The van der Waals surface area contributed by atoms with E-state index in [2.05, 4.69) is 45.5 Å². The van der Waals surface area contributed by atoms with Gasteiger partial charge in [0.25, 0.3) is 0 Å². The van der Waals surface area contributed by atoms with Crippen molar-refractivity contribution < 1.29 is 14.3 Å². The Labute approximate surface area is 263 Å². The molecule has 1 amide bonds. The summed E-state index contributed by atoms with van der Waals surface area (Å²) in [4.78, 5) is 29.1. The highest BCUT2D eigenvalue weighted by molar-refractivity contribution is 6.36. The van der Waals surface area contributed by atoms with Crippen molar-refractivity contribution >= 4 is 40.0 Å². The summed E-state index contributed by atoms with van der Waals surface area (Å²) in [6, 6.07) is 14.8. The fourth-order valence-electron chi connectivity index (χ4n) is 6.47. The molecule has 3 aromatic rings. The zero-order valence-corrected chi connectivity index (χ0v) is 26.4. The number of hydrogen-bond donors (Lipinski definition) is 1. The number of halogens is 1. The number of nitriles is 1. The molecule has 0 radical (unpaired) electrons. The number of nitrogens with one attached hydrogen (secondary N) is 1. The lowest BCUT2D eigenvalue weighted by atomic mass is 10.0. The number of hydrogen-bond acceptors (Lipinski definition) is 9. The van der Waals surface area contributed by atoms with Crippen LogP contribution in [0.4, 0.5) is 16.3 Å². The first-order valence-corrected chi connectivity index (χ1v) is 15.9. The van der Waals surface area contributed by atoms with E-state index in [1.807, 2.05) is 32.9 Å². The number of benzene rings is 2. The topological polar surface area (TPSA) is 107 Å².